The third kappa shape index (κ3) is 4.03. The van der Waals surface area contributed by atoms with Gasteiger partial charge in [-0.25, -0.2) is 9.78 Å². The molecule has 112 valence electrons. The highest BCUT2D eigenvalue weighted by Gasteiger charge is 2.17. The lowest BCUT2D eigenvalue weighted by Gasteiger charge is -2.05. The summed E-state index contributed by atoms with van der Waals surface area (Å²) in [6.45, 7) is 0. The van der Waals surface area contributed by atoms with E-state index in [1.54, 1.807) is 7.11 Å². The van der Waals surface area contributed by atoms with Gasteiger partial charge in [0.2, 0.25) is 0 Å². The summed E-state index contributed by atoms with van der Waals surface area (Å²) in [6.07, 6.45) is 0. The number of hydrogen-bond acceptors (Lipinski definition) is 6. The number of carbonyl (C=O) groups is 1. The van der Waals surface area contributed by atoms with Crippen LogP contribution in [0.2, 0.25) is 10.2 Å². The lowest BCUT2D eigenvalue weighted by atomic mass is 10.2. The summed E-state index contributed by atoms with van der Waals surface area (Å²) in [6, 6.07) is 5.57. The van der Waals surface area contributed by atoms with E-state index in [0.717, 1.165) is 5.56 Å². The second-order valence-corrected chi connectivity index (χ2v) is 6.84. The van der Waals surface area contributed by atoms with Crippen molar-refractivity contribution >= 4 is 52.3 Å². The molecule has 1 aromatic carbocycles. The van der Waals surface area contributed by atoms with E-state index in [1.807, 2.05) is 18.2 Å². The molecule has 0 spiro atoms. The molecule has 0 N–H and O–H groups in total. The molecule has 0 saturated carbocycles. The van der Waals surface area contributed by atoms with Crippen LogP contribution in [-0.2, 0) is 10.5 Å². The second kappa shape index (κ2) is 7.35. The van der Waals surface area contributed by atoms with E-state index in [2.05, 4.69) is 9.72 Å². The zero-order valence-corrected chi connectivity index (χ0v) is 14.3. The van der Waals surface area contributed by atoms with Gasteiger partial charge in [0.25, 0.3) is 0 Å². The quantitative estimate of drug-likeness (QED) is 0.576. The number of aromatic nitrogens is 1. The SMILES string of the molecule is COC(=O)c1sc(SCc2ccc(OC)c(Cl)c2)nc1Cl. The first-order valence-electron chi connectivity index (χ1n) is 5.75. The highest BCUT2D eigenvalue weighted by atomic mass is 35.5. The van der Waals surface area contributed by atoms with Crippen molar-refractivity contribution in [1.82, 2.24) is 4.98 Å². The molecule has 2 rings (SSSR count). The number of halogens is 2. The maximum atomic E-state index is 11.5. The summed E-state index contributed by atoms with van der Waals surface area (Å²) in [4.78, 5) is 15.9. The Bertz CT molecular complexity index is 661. The van der Waals surface area contributed by atoms with Crippen molar-refractivity contribution < 1.29 is 14.3 Å². The molecule has 0 fully saturated rings. The van der Waals surface area contributed by atoms with Gasteiger partial charge in [0, 0.05) is 5.75 Å². The van der Waals surface area contributed by atoms with Crippen LogP contribution in [0, 0.1) is 0 Å². The summed E-state index contributed by atoms with van der Waals surface area (Å²) in [5.41, 5.74) is 1.02. The van der Waals surface area contributed by atoms with Crippen LogP contribution in [0.25, 0.3) is 0 Å². The predicted molar refractivity (Wildman–Crippen MR) is 86.0 cm³/mol. The van der Waals surface area contributed by atoms with Crippen LogP contribution in [-0.4, -0.2) is 25.2 Å². The largest absolute Gasteiger partial charge is 0.495 e. The van der Waals surface area contributed by atoms with Gasteiger partial charge in [0.05, 0.1) is 19.2 Å². The molecule has 0 aliphatic carbocycles. The fourth-order valence-corrected chi connectivity index (χ4v) is 4.06. The first kappa shape index (κ1) is 16.4. The van der Waals surface area contributed by atoms with Crippen LogP contribution in [0.3, 0.4) is 0 Å². The lowest BCUT2D eigenvalue weighted by Crippen LogP contribution is -1.98. The number of nitrogens with zero attached hydrogens (tertiary/aromatic N) is 1. The monoisotopic (exact) mass is 363 g/mol. The molecule has 1 aromatic heterocycles. The first-order valence-corrected chi connectivity index (χ1v) is 8.30. The third-order valence-electron chi connectivity index (χ3n) is 2.52. The third-order valence-corrected chi connectivity index (χ3v) is 5.45. The van der Waals surface area contributed by atoms with E-state index < -0.39 is 5.97 Å². The molecular formula is C13H11Cl2NO3S2. The molecule has 0 amide bonds. The number of methoxy groups -OCH3 is 2. The van der Waals surface area contributed by atoms with E-state index in [-0.39, 0.29) is 5.15 Å². The Balaban J connectivity index is 2.06. The van der Waals surface area contributed by atoms with Crippen LogP contribution in [0.15, 0.2) is 22.5 Å². The van der Waals surface area contributed by atoms with Crippen molar-refractivity contribution in [2.45, 2.75) is 10.1 Å². The van der Waals surface area contributed by atoms with E-state index >= 15 is 0 Å². The number of rotatable bonds is 5. The molecule has 0 aliphatic heterocycles. The topological polar surface area (TPSA) is 48.4 Å². The van der Waals surface area contributed by atoms with Crippen LogP contribution < -0.4 is 4.74 Å². The van der Waals surface area contributed by atoms with Crippen LogP contribution in [0.5, 0.6) is 5.75 Å². The van der Waals surface area contributed by atoms with Gasteiger partial charge in [0.15, 0.2) is 14.4 Å². The Labute approximate surface area is 140 Å². The molecule has 8 heteroatoms. The Kier molecular flexibility index (Phi) is 5.75. The smallest absolute Gasteiger partial charge is 0.351 e. The van der Waals surface area contributed by atoms with Gasteiger partial charge in [-0.05, 0) is 17.7 Å². The van der Waals surface area contributed by atoms with E-state index in [1.165, 1.54) is 30.2 Å². The number of thiazole rings is 1. The number of hydrogen-bond donors (Lipinski definition) is 0. The lowest BCUT2D eigenvalue weighted by molar-refractivity contribution is 0.0606. The van der Waals surface area contributed by atoms with Gasteiger partial charge in [-0.3, -0.25) is 0 Å². The zero-order chi connectivity index (χ0) is 15.4. The van der Waals surface area contributed by atoms with E-state index in [4.69, 9.17) is 27.9 Å². The van der Waals surface area contributed by atoms with Gasteiger partial charge < -0.3 is 9.47 Å². The highest BCUT2D eigenvalue weighted by Crippen LogP contribution is 2.34. The minimum Gasteiger partial charge on any atom is -0.495 e. The number of esters is 1. The fourth-order valence-electron chi connectivity index (χ4n) is 1.51. The summed E-state index contributed by atoms with van der Waals surface area (Å²) in [7, 11) is 2.88. The molecule has 0 saturated heterocycles. The minimum absolute atomic E-state index is 0.169. The van der Waals surface area contributed by atoms with Gasteiger partial charge in [0.1, 0.15) is 5.75 Å². The van der Waals surface area contributed by atoms with Gasteiger partial charge >= 0.3 is 5.97 Å². The van der Waals surface area contributed by atoms with Gasteiger partial charge in [-0.15, -0.1) is 0 Å². The standard InChI is InChI=1S/C13H11Cl2NO3S2/c1-18-9-4-3-7(5-8(9)14)6-20-13-16-11(15)10(21-13)12(17)19-2/h3-5H,6H2,1-2H3. The average Bonchev–Trinajstić information content (AvgIpc) is 2.85. The Morgan fingerprint density at radius 2 is 2.14 bits per heavy atom. The molecule has 1 heterocycles. The van der Waals surface area contributed by atoms with E-state index in [0.29, 0.717) is 25.7 Å². The van der Waals surface area contributed by atoms with Crippen molar-refractivity contribution in [2.75, 3.05) is 14.2 Å². The fraction of sp³-hybridized carbons (Fsp3) is 0.231. The molecular weight excluding hydrogens is 353 g/mol. The number of thioether (sulfide) groups is 1. The van der Waals surface area contributed by atoms with Crippen molar-refractivity contribution in [3.63, 3.8) is 0 Å². The second-order valence-electron chi connectivity index (χ2n) is 3.85. The highest BCUT2D eigenvalue weighted by molar-refractivity contribution is 8.00. The number of benzene rings is 1. The molecule has 0 unspecified atom stereocenters. The van der Waals surface area contributed by atoms with Gasteiger partial charge in [-0.1, -0.05) is 52.4 Å². The van der Waals surface area contributed by atoms with Crippen molar-refractivity contribution in [2.24, 2.45) is 0 Å². The molecule has 21 heavy (non-hydrogen) atoms. The molecule has 0 aliphatic rings. The molecule has 2 aromatic rings. The van der Waals surface area contributed by atoms with Crippen molar-refractivity contribution in [1.29, 1.82) is 0 Å². The molecule has 4 nitrogen and oxygen atoms in total. The van der Waals surface area contributed by atoms with E-state index in [9.17, 15) is 4.79 Å². The normalized spacial score (nSPS) is 10.5. The number of carbonyl (C=O) groups excluding carboxylic acids is 1. The maximum absolute atomic E-state index is 11.5. The molecule has 0 atom stereocenters. The zero-order valence-electron chi connectivity index (χ0n) is 11.2. The Hall–Kier alpha value is -0.950. The first-order chi connectivity index (χ1) is 10.0. The van der Waals surface area contributed by atoms with Crippen LogP contribution in [0.4, 0.5) is 0 Å². The van der Waals surface area contributed by atoms with Crippen molar-refractivity contribution in [3.05, 3.63) is 38.8 Å². The van der Waals surface area contributed by atoms with Crippen LogP contribution >= 0.6 is 46.3 Å². The average molecular weight is 364 g/mol. The van der Waals surface area contributed by atoms with Crippen molar-refractivity contribution in [3.8, 4) is 5.75 Å². The molecule has 0 radical (unpaired) electrons. The Morgan fingerprint density at radius 3 is 2.76 bits per heavy atom. The predicted octanol–water partition coefficient (Wildman–Crippen LogP) is 4.54. The summed E-state index contributed by atoms with van der Waals surface area (Å²) < 4.78 is 10.4. The summed E-state index contributed by atoms with van der Waals surface area (Å²) in [5, 5.41) is 0.727. The van der Waals surface area contributed by atoms with Crippen LogP contribution in [0.1, 0.15) is 15.2 Å². The minimum atomic E-state index is -0.475. The summed E-state index contributed by atoms with van der Waals surface area (Å²) >= 11 is 14.7. The maximum Gasteiger partial charge on any atom is 0.351 e. The summed E-state index contributed by atoms with van der Waals surface area (Å²) in [5.74, 6) is 0.821. The number of ether oxygens (including phenoxy) is 2. The molecule has 0 bridgehead atoms. The Morgan fingerprint density at radius 1 is 1.38 bits per heavy atom. The van der Waals surface area contributed by atoms with Gasteiger partial charge in [-0.2, -0.15) is 0 Å².